The van der Waals surface area contributed by atoms with Crippen molar-refractivity contribution in [3.8, 4) is 0 Å². The fourth-order valence-electron chi connectivity index (χ4n) is 2.71. The van der Waals surface area contributed by atoms with Gasteiger partial charge < -0.3 is 15.9 Å². The number of nitrogen functional groups attached to an aromatic ring is 1. The van der Waals surface area contributed by atoms with E-state index in [-0.39, 0.29) is 6.42 Å². The van der Waals surface area contributed by atoms with Crippen LogP contribution in [-0.2, 0) is 15.0 Å². The van der Waals surface area contributed by atoms with Crippen LogP contribution in [0.15, 0.2) is 36.4 Å². The topological polar surface area (TPSA) is 101 Å². The van der Waals surface area contributed by atoms with E-state index in [1.807, 2.05) is 0 Å². The molecule has 1 aromatic rings. The molecule has 1 aromatic carbocycles. The van der Waals surface area contributed by atoms with E-state index in [0.29, 0.717) is 17.7 Å². The smallest absolute Gasteiger partial charge is 0.318 e. The van der Waals surface area contributed by atoms with Crippen LogP contribution in [0.1, 0.15) is 25.3 Å². The van der Waals surface area contributed by atoms with Gasteiger partial charge in [-0.05, 0) is 37.5 Å². The normalized spacial score (nSPS) is 29.1. The van der Waals surface area contributed by atoms with E-state index in [1.54, 1.807) is 43.3 Å². The Bertz CT molecular complexity index is 595. The van der Waals surface area contributed by atoms with Crippen LogP contribution in [-0.4, -0.2) is 22.2 Å². The number of hydrogen-bond acceptors (Lipinski definition) is 3. The molecule has 2 unspecified atom stereocenters. The summed E-state index contributed by atoms with van der Waals surface area (Å²) in [5.74, 6) is -2.05. The lowest BCUT2D eigenvalue weighted by molar-refractivity contribution is -0.152. The average molecular weight is 275 g/mol. The number of allylic oxidation sites excluding steroid dienone is 1. The monoisotopic (exact) mass is 275 g/mol. The van der Waals surface area contributed by atoms with Crippen LogP contribution in [0.4, 0.5) is 5.69 Å². The highest BCUT2D eigenvalue weighted by Crippen LogP contribution is 2.45. The molecule has 0 fully saturated rings. The summed E-state index contributed by atoms with van der Waals surface area (Å²) in [6, 6.07) is 6.60. The first kappa shape index (κ1) is 14.1. The van der Waals surface area contributed by atoms with Crippen molar-refractivity contribution < 1.29 is 19.8 Å². The third kappa shape index (κ3) is 2.15. The van der Waals surface area contributed by atoms with Crippen molar-refractivity contribution in [1.29, 1.82) is 0 Å². The van der Waals surface area contributed by atoms with Crippen molar-refractivity contribution >= 4 is 17.6 Å². The maximum absolute atomic E-state index is 11.8. The zero-order valence-electron chi connectivity index (χ0n) is 11.2. The van der Waals surface area contributed by atoms with Gasteiger partial charge in [0.15, 0.2) is 0 Å². The van der Waals surface area contributed by atoms with Crippen molar-refractivity contribution in [1.82, 2.24) is 0 Å². The first-order chi connectivity index (χ1) is 9.30. The molecule has 20 heavy (non-hydrogen) atoms. The highest BCUT2D eigenvalue weighted by Gasteiger charge is 2.49. The molecule has 0 bridgehead atoms. The average Bonchev–Trinajstić information content (AvgIpc) is 2.38. The largest absolute Gasteiger partial charge is 0.481 e. The third-order valence-electron chi connectivity index (χ3n) is 3.94. The molecule has 0 spiro atoms. The first-order valence-electron chi connectivity index (χ1n) is 6.31. The number of aliphatic carboxylic acids is 2. The lowest BCUT2D eigenvalue weighted by Crippen LogP contribution is -2.44. The molecule has 0 aromatic heterocycles. The summed E-state index contributed by atoms with van der Waals surface area (Å²) >= 11 is 0. The Balaban J connectivity index is 2.57. The van der Waals surface area contributed by atoms with E-state index in [2.05, 4.69) is 0 Å². The number of benzene rings is 1. The molecule has 1 aliphatic carbocycles. The zero-order valence-corrected chi connectivity index (χ0v) is 11.2. The number of carboxylic acid groups (broad SMARTS) is 2. The van der Waals surface area contributed by atoms with E-state index in [1.165, 1.54) is 0 Å². The Morgan fingerprint density at radius 3 is 2.50 bits per heavy atom. The second-order valence-corrected chi connectivity index (χ2v) is 5.55. The lowest BCUT2D eigenvalue weighted by atomic mass is 9.63. The second-order valence-electron chi connectivity index (χ2n) is 5.55. The van der Waals surface area contributed by atoms with Gasteiger partial charge in [0.25, 0.3) is 0 Å². The SMILES string of the molecule is CC1(C(=O)O)CC=CC(C(=O)O)(c2cccc(N)c2)C1. The molecule has 0 aliphatic heterocycles. The summed E-state index contributed by atoms with van der Waals surface area (Å²) in [5, 5.41) is 19.0. The maximum atomic E-state index is 11.8. The van der Waals surface area contributed by atoms with Crippen LogP contribution in [0.25, 0.3) is 0 Å². The van der Waals surface area contributed by atoms with Crippen molar-refractivity contribution in [3.05, 3.63) is 42.0 Å². The number of carboxylic acids is 2. The van der Waals surface area contributed by atoms with Gasteiger partial charge in [0.1, 0.15) is 5.41 Å². The van der Waals surface area contributed by atoms with Crippen molar-refractivity contribution in [2.75, 3.05) is 5.73 Å². The number of rotatable bonds is 3. The first-order valence-corrected chi connectivity index (χ1v) is 6.31. The molecule has 106 valence electrons. The Hall–Kier alpha value is -2.30. The van der Waals surface area contributed by atoms with E-state index in [4.69, 9.17) is 5.73 Å². The fourth-order valence-corrected chi connectivity index (χ4v) is 2.71. The number of nitrogens with two attached hydrogens (primary N) is 1. The molecular formula is C15H17NO4. The predicted molar refractivity (Wildman–Crippen MR) is 74.3 cm³/mol. The molecule has 2 atom stereocenters. The quantitative estimate of drug-likeness (QED) is 0.579. The molecule has 0 saturated heterocycles. The van der Waals surface area contributed by atoms with Gasteiger partial charge in [-0.25, -0.2) is 0 Å². The van der Waals surface area contributed by atoms with Gasteiger partial charge in [0.2, 0.25) is 0 Å². The van der Waals surface area contributed by atoms with Crippen LogP contribution in [0.5, 0.6) is 0 Å². The summed E-state index contributed by atoms with van der Waals surface area (Å²) in [6.45, 7) is 1.57. The van der Waals surface area contributed by atoms with Crippen LogP contribution < -0.4 is 5.73 Å². The minimum absolute atomic E-state index is 0.00458. The highest BCUT2D eigenvalue weighted by molar-refractivity contribution is 5.87. The maximum Gasteiger partial charge on any atom is 0.318 e. The lowest BCUT2D eigenvalue weighted by Gasteiger charge is -2.38. The molecule has 5 nitrogen and oxygen atoms in total. The van der Waals surface area contributed by atoms with Crippen LogP contribution in [0, 0.1) is 5.41 Å². The molecule has 0 amide bonds. The number of carbonyl (C=O) groups is 2. The van der Waals surface area contributed by atoms with E-state index < -0.39 is 22.8 Å². The van der Waals surface area contributed by atoms with Crippen LogP contribution in [0.2, 0.25) is 0 Å². The number of hydrogen-bond donors (Lipinski definition) is 3. The van der Waals surface area contributed by atoms with Gasteiger partial charge >= 0.3 is 11.9 Å². The molecular weight excluding hydrogens is 258 g/mol. The molecule has 0 saturated carbocycles. The van der Waals surface area contributed by atoms with E-state index in [9.17, 15) is 19.8 Å². The summed E-state index contributed by atoms with van der Waals surface area (Å²) in [5.41, 5.74) is 4.24. The zero-order chi connectivity index (χ0) is 15.0. The second kappa shape index (κ2) is 4.67. The Morgan fingerprint density at radius 1 is 1.25 bits per heavy atom. The minimum Gasteiger partial charge on any atom is -0.481 e. The van der Waals surface area contributed by atoms with E-state index >= 15 is 0 Å². The Kier molecular flexibility index (Phi) is 3.29. The standard InChI is InChI=1S/C15H17NO4/c1-14(12(17)18)6-3-7-15(9-14,13(19)20)10-4-2-5-11(16)8-10/h2-5,7-8H,6,9,16H2,1H3,(H,17,18)(H,19,20). The summed E-state index contributed by atoms with van der Waals surface area (Å²) in [7, 11) is 0. The summed E-state index contributed by atoms with van der Waals surface area (Å²) in [4.78, 5) is 23.2. The molecule has 2 rings (SSSR count). The van der Waals surface area contributed by atoms with Crippen LogP contribution in [0.3, 0.4) is 0 Å². The molecule has 0 heterocycles. The van der Waals surface area contributed by atoms with Crippen LogP contribution >= 0.6 is 0 Å². The highest BCUT2D eigenvalue weighted by atomic mass is 16.4. The fraction of sp³-hybridized carbons (Fsp3) is 0.333. The third-order valence-corrected chi connectivity index (χ3v) is 3.94. The molecule has 5 heteroatoms. The van der Waals surface area contributed by atoms with Gasteiger partial charge in [0, 0.05) is 5.69 Å². The molecule has 0 radical (unpaired) electrons. The summed E-state index contributed by atoms with van der Waals surface area (Å²) in [6.07, 6.45) is 3.54. The Morgan fingerprint density at radius 2 is 1.95 bits per heavy atom. The molecule has 4 N–H and O–H groups in total. The van der Waals surface area contributed by atoms with Gasteiger partial charge in [0.05, 0.1) is 5.41 Å². The van der Waals surface area contributed by atoms with Gasteiger partial charge in [-0.1, -0.05) is 24.3 Å². The predicted octanol–water partition coefficient (Wildman–Crippen LogP) is 2.03. The molecule has 1 aliphatic rings. The van der Waals surface area contributed by atoms with E-state index in [0.717, 1.165) is 0 Å². The van der Waals surface area contributed by atoms with Crippen molar-refractivity contribution in [2.45, 2.75) is 25.2 Å². The summed E-state index contributed by atoms with van der Waals surface area (Å²) < 4.78 is 0. The number of anilines is 1. The van der Waals surface area contributed by atoms with Crippen molar-refractivity contribution in [2.24, 2.45) is 5.41 Å². The van der Waals surface area contributed by atoms with Gasteiger partial charge in [-0.3, -0.25) is 9.59 Å². The minimum atomic E-state index is -1.35. The van der Waals surface area contributed by atoms with Gasteiger partial charge in [-0.15, -0.1) is 0 Å². The van der Waals surface area contributed by atoms with Crippen molar-refractivity contribution in [3.63, 3.8) is 0 Å². The van der Waals surface area contributed by atoms with Gasteiger partial charge in [-0.2, -0.15) is 0 Å². The Labute approximate surface area is 116 Å².